The molecule has 3 N–H and O–H groups in total. The number of Topliss-reactive ketones (excluding diaryl/α,β-unsaturated/α-hetero) is 1. The first-order valence-electron chi connectivity index (χ1n) is 10.2. The number of quaternary nitrogens is 1. The highest BCUT2D eigenvalue weighted by molar-refractivity contribution is 5.95. The fourth-order valence-corrected chi connectivity index (χ4v) is 3.34. The second-order valence-electron chi connectivity index (χ2n) is 7.42. The van der Waals surface area contributed by atoms with Gasteiger partial charge in [0.15, 0.2) is 18.2 Å². The normalized spacial score (nSPS) is 11.9. The molecule has 0 saturated carbocycles. The van der Waals surface area contributed by atoms with Gasteiger partial charge in [-0.15, -0.1) is 0 Å². The maximum Gasteiger partial charge on any atom is 0.279 e. The summed E-state index contributed by atoms with van der Waals surface area (Å²) in [4.78, 5) is 44.7. The van der Waals surface area contributed by atoms with Crippen LogP contribution in [0.25, 0.3) is 10.9 Å². The van der Waals surface area contributed by atoms with E-state index in [1.54, 1.807) is 30.3 Å². The molecule has 1 amide bonds. The number of hydrogen-bond acceptors (Lipinski definition) is 4. The van der Waals surface area contributed by atoms with Gasteiger partial charge in [-0.05, 0) is 49.7 Å². The zero-order valence-electron chi connectivity index (χ0n) is 17.3. The van der Waals surface area contributed by atoms with Gasteiger partial charge in [-0.25, -0.2) is 4.98 Å². The smallest absolute Gasteiger partial charge is 0.279 e. The summed E-state index contributed by atoms with van der Waals surface area (Å²) in [6.45, 7) is 5.11. The number of carbonyl (C=O) groups excluding carboxylic acids is 2. The van der Waals surface area contributed by atoms with E-state index in [2.05, 4.69) is 22.2 Å². The monoisotopic (exact) mass is 407 g/mol. The van der Waals surface area contributed by atoms with Gasteiger partial charge in [0, 0.05) is 11.3 Å². The molecule has 0 bridgehead atoms. The maximum absolute atomic E-state index is 12.6. The van der Waals surface area contributed by atoms with E-state index in [0.29, 0.717) is 34.5 Å². The van der Waals surface area contributed by atoms with Crippen LogP contribution in [0, 0.1) is 0 Å². The minimum Gasteiger partial charge on any atom is -0.321 e. The van der Waals surface area contributed by atoms with Crippen LogP contribution in [0.5, 0.6) is 0 Å². The van der Waals surface area contributed by atoms with Crippen molar-refractivity contribution in [2.75, 3.05) is 18.4 Å². The predicted octanol–water partition coefficient (Wildman–Crippen LogP) is 1.95. The predicted molar refractivity (Wildman–Crippen MR) is 117 cm³/mol. The fourth-order valence-electron chi connectivity index (χ4n) is 3.34. The molecule has 0 aliphatic heterocycles. The van der Waals surface area contributed by atoms with Crippen molar-refractivity contribution >= 4 is 28.3 Å². The molecule has 3 rings (SSSR count). The van der Waals surface area contributed by atoms with Gasteiger partial charge >= 0.3 is 0 Å². The average molecular weight is 407 g/mol. The minimum absolute atomic E-state index is 0.0139. The van der Waals surface area contributed by atoms with Crippen molar-refractivity contribution in [1.82, 2.24) is 9.97 Å². The van der Waals surface area contributed by atoms with Gasteiger partial charge in [-0.3, -0.25) is 14.4 Å². The standard InChI is InChI=1S/C23H26N4O3/c1-3-4-13-27(14-21-25-20-8-6-5-7-19(20)23(30)26-21)15-22(29)24-18-11-9-17(10-12-18)16(2)28/h5-12H,3-4,13-15H2,1-2H3,(H,24,29)(H,25,26,30)/p+1. The number of nitrogens with one attached hydrogen (secondary N) is 3. The van der Waals surface area contributed by atoms with E-state index in [9.17, 15) is 14.4 Å². The molecule has 0 saturated heterocycles. The van der Waals surface area contributed by atoms with Crippen LogP contribution >= 0.6 is 0 Å². The Morgan fingerprint density at radius 1 is 1.10 bits per heavy atom. The van der Waals surface area contributed by atoms with E-state index in [1.165, 1.54) is 6.92 Å². The van der Waals surface area contributed by atoms with Crippen LogP contribution in [-0.4, -0.2) is 34.7 Å². The van der Waals surface area contributed by atoms with Crippen molar-refractivity contribution in [3.05, 3.63) is 70.3 Å². The third-order valence-electron chi connectivity index (χ3n) is 4.95. The highest BCUT2D eigenvalue weighted by Gasteiger charge is 2.17. The van der Waals surface area contributed by atoms with Gasteiger partial charge in [-0.1, -0.05) is 25.5 Å². The Hall–Kier alpha value is -3.32. The second kappa shape index (κ2) is 9.93. The molecule has 1 atom stereocenters. The molecule has 30 heavy (non-hydrogen) atoms. The highest BCUT2D eigenvalue weighted by Crippen LogP contribution is 2.09. The molecule has 1 unspecified atom stereocenters. The quantitative estimate of drug-likeness (QED) is 0.473. The van der Waals surface area contributed by atoms with Gasteiger partial charge in [0.1, 0.15) is 6.54 Å². The maximum atomic E-state index is 12.6. The van der Waals surface area contributed by atoms with Crippen LogP contribution < -0.4 is 15.8 Å². The fraction of sp³-hybridized carbons (Fsp3) is 0.304. The lowest BCUT2D eigenvalue weighted by molar-refractivity contribution is -0.906. The Morgan fingerprint density at radius 3 is 2.53 bits per heavy atom. The number of ketones is 1. The molecule has 1 aromatic heterocycles. The second-order valence-corrected chi connectivity index (χ2v) is 7.42. The Bertz CT molecular complexity index is 1090. The Labute approximate surface area is 175 Å². The lowest BCUT2D eigenvalue weighted by Crippen LogP contribution is -3.12. The van der Waals surface area contributed by atoms with Crippen molar-refractivity contribution in [3.63, 3.8) is 0 Å². The molecule has 0 aliphatic rings. The number of amides is 1. The topological polar surface area (TPSA) is 96.4 Å². The van der Waals surface area contributed by atoms with Crippen LogP contribution in [0.2, 0.25) is 0 Å². The summed E-state index contributed by atoms with van der Waals surface area (Å²) in [7, 11) is 0. The van der Waals surface area contributed by atoms with Gasteiger partial charge in [0.25, 0.3) is 11.5 Å². The molecule has 7 nitrogen and oxygen atoms in total. The van der Waals surface area contributed by atoms with Gasteiger partial charge in [0.05, 0.1) is 17.4 Å². The zero-order valence-corrected chi connectivity index (χ0v) is 17.3. The zero-order chi connectivity index (χ0) is 21.5. The Kier molecular flexibility index (Phi) is 7.08. The third kappa shape index (κ3) is 5.61. The van der Waals surface area contributed by atoms with Gasteiger partial charge in [-0.2, -0.15) is 0 Å². The van der Waals surface area contributed by atoms with E-state index < -0.39 is 0 Å². The molecular weight excluding hydrogens is 380 g/mol. The van der Waals surface area contributed by atoms with Gasteiger partial charge < -0.3 is 15.2 Å². The molecule has 156 valence electrons. The SMILES string of the molecule is CCCC[NH+](CC(=O)Nc1ccc(C(C)=O)cc1)Cc1nc2ccccc2c(=O)[nH]1. The number of aromatic nitrogens is 2. The number of nitrogens with zero attached hydrogens (tertiary/aromatic N) is 1. The Balaban J connectivity index is 1.70. The van der Waals surface area contributed by atoms with E-state index in [0.717, 1.165) is 24.3 Å². The molecule has 3 aromatic rings. The van der Waals surface area contributed by atoms with Crippen molar-refractivity contribution in [1.29, 1.82) is 0 Å². The molecule has 1 heterocycles. The van der Waals surface area contributed by atoms with Crippen LogP contribution in [0.4, 0.5) is 5.69 Å². The number of aromatic amines is 1. The summed E-state index contributed by atoms with van der Waals surface area (Å²) in [5.74, 6) is 0.433. The van der Waals surface area contributed by atoms with Crippen LogP contribution in [0.1, 0.15) is 42.9 Å². The number of para-hydroxylation sites is 1. The average Bonchev–Trinajstić information content (AvgIpc) is 2.72. The number of benzene rings is 2. The van der Waals surface area contributed by atoms with E-state index in [4.69, 9.17) is 0 Å². The summed E-state index contributed by atoms with van der Waals surface area (Å²) in [6, 6.07) is 14.1. The van der Waals surface area contributed by atoms with Crippen molar-refractivity contribution in [3.8, 4) is 0 Å². The first kappa shape index (κ1) is 21.4. The van der Waals surface area contributed by atoms with E-state index in [-0.39, 0.29) is 23.8 Å². The number of fused-ring (bicyclic) bond motifs is 1. The van der Waals surface area contributed by atoms with E-state index in [1.807, 2.05) is 18.2 Å². The molecule has 0 aliphatic carbocycles. The minimum atomic E-state index is -0.166. The number of unbranched alkanes of at least 4 members (excludes halogenated alkanes) is 1. The van der Waals surface area contributed by atoms with E-state index >= 15 is 0 Å². The van der Waals surface area contributed by atoms with Gasteiger partial charge in [0.2, 0.25) is 0 Å². The molecule has 0 fully saturated rings. The summed E-state index contributed by atoms with van der Waals surface area (Å²) >= 11 is 0. The lowest BCUT2D eigenvalue weighted by Gasteiger charge is -2.18. The van der Waals surface area contributed by atoms with Crippen LogP contribution in [-0.2, 0) is 11.3 Å². The molecular formula is C23H27N4O3+. The largest absolute Gasteiger partial charge is 0.321 e. The first-order chi connectivity index (χ1) is 14.5. The molecule has 2 aromatic carbocycles. The number of rotatable bonds is 9. The van der Waals surface area contributed by atoms with Crippen molar-refractivity contribution < 1.29 is 14.5 Å². The van der Waals surface area contributed by atoms with Crippen molar-refractivity contribution in [2.24, 2.45) is 0 Å². The van der Waals surface area contributed by atoms with Crippen LogP contribution in [0.15, 0.2) is 53.3 Å². The first-order valence-corrected chi connectivity index (χ1v) is 10.2. The molecule has 0 radical (unpaired) electrons. The summed E-state index contributed by atoms with van der Waals surface area (Å²) < 4.78 is 0. The summed E-state index contributed by atoms with van der Waals surface area (Å²) in [6.07, 6.45) is 1.98. The highest BCUT2D eigenvalue weighted by atomic mass is 16.2. The number of H-pyrrole nitrogens is 1. The van der Waals surface area contributed by atoms with Crippen molar-refractivity contribution in [2.45, 2.75) is 33.2 Å². The molecule has 0 spiro atoms. The number of anilines is 1. The number of hydrogen-bond donors (Lipinski definition) is 3. The summed E-state index contributed by atoms with van der Waals surface area (Å²) in [5.41, 5.74) is 1.74. The lowest BCUT2D eigenvalue weighted by atomic mass is 10.1. The summed E-state index contributed by atoms with van der Waals surface area (Å²) in [5, 5.41) is 3.44. The Morgan fingerprint density at radius 2 is 1.83 bits per heavy atom. The number of carbonyl (C=O) groups is 2. The third-order valence-corrected chi connectivity index (χ3v) is 4.95. The van der Waals surface area contributed by atoms with Crippen LogP contribution in [0.3, 0.4) is 0 Å². The molecule has 7 heteroatoms.